The molecule has 15 heavy (non-hydrogen) atoms. The van der Waals surface area contributed by atoms with Crippen molar-refractivity contribution in [2.24, 2.45) is 5.92 Å². The third-order valence-corrected chi connectivity index (χ3v) is 2.64. The molecule has 3 nitrogen and oxygen atoms in total. The number of unbranched alkanes of at least 4 members (excludes halogenated alkanes) is 1. The zero-order valence-electron chi connectivity index (χ0n) is 9.79. The van der Waals surface area contributed by atoms with E-state index in [2.05, 4.69) is 5.32 Å². The number of hydrogen-bond acceptors (Lipinski definition) is 2. The second kappa shape index (κ2) is 7.94. The second-order valence-electron chi connectivity index (χ2n) is 4.24. The Labute approximate surface area is 97.2 Å². The summed E-state index contributed by atoms with van der Waals surface area (Å²) in [6, 6.07) is -0.187. The number of halogens is 1. The Bertz CT molecular complexity index is 185. The molecule has 0 rings (SSSR count). The molecule has 0 aromatic carbocycles. The van der Waals surface area contributed by atoms with Crippen molar-refractivity contribution in [1.82, 2.24) is 5.32 Å². The SMILES string of the molecule is CC(C)C(O)[C@@H](C)NC(=O)CCCCCl. The van der Waals surface area contributed by atoms with Crippen LogP contribution in [0.15, 0.2) is 0 Å². The molecule has 0 heterocycles. The van der Waals surface area contributed by atoms with Crippen LogP contribution in [0.1, 0.15) is 40.0 Å². The standard InChI is InChI=1S/C11H22ClNO2/c1-8(2)11(15)9(3)13-10(14)6-4-5-7-12/h8-9,11,15H,4-7H2,1-3H3,(H,13,14)/t9-,11?/m1/s1. The molecule has 0 spiro atoms. The number of alkyl halides is 1. The van der Waals surface area contributed by atoms with Crippen molar-refractivity contribution >= 4 is 17.5 Å². The maximum atomic E-state index is 11.4. The number of carbonyl (C=O) groups is 1. The average Bonchev–Trinajstić information content (AvgIpc) is 2.16. The van der Waals surface area contributed by atoms with E-state index in [-0.39, 0.29) is 17.9 Å². The fourth-order valence-electron chi connectivity index (χ4n) is 1.37. The van der Waals surface area contributed by atoms with Crippen LogP contribution in [0, 0.1) is 5.92 Å². The van der Waals surface area contributed by atoms with Crippen LogP contribution in [0.2, 0.25) is 0 Å². The first kappa shape index (κ1) is 14.7. The van der Waals surface area contributed by atoms with Crippen LogP contribution in [-0.4, -0.2) is 29.0 Å². The third-order valence-electron chi connectivity index (χ3n) is 2.37. The topological polar surface area (TPSA) is 49.3 Å². The van der Waals surface area contributed by atoms with Crippen molar-refractivity contribution in [2.45, 2.75) is 52.2 Å². The van der Waals surface area contributed by atoms with Crippen molar-refractivity contribution in [3.8, 4) is 0 Å². The molecule has 0 radical (unpaired) electrons. The van der Waals surface area contributed by atoms with Crippen LogP contribution < -0.4 is 5.32 Å². The predicted molar refractivity (Wildman–Crippen MR) is 63.0 cm³/mol. The zero-order chi connectivity index (χ0) is 11.8. The van der Waals surface area contributed by atoms with Gasteiger partial charge in [0.1, 0.15) is 0 Å². The molecule has 0 aromatic rings. The van der Waals surface area contributed by atoms with E-state index in [0.717, 1.165) is 12.8 Å². The molecule has 0 saturated carbocycles. The number of aliphatic hydroxyl groups is 1. The van der Waals surface area contributed by atoms with Gasteiger partial charge in [-0.05, 0) is 25.7 Å². The lowest BCUT2D eigenvalue weighted by Gasteiger charge is -2.23. The van der Waals surface area contributed by atoms with Crippen LogP contribution in [0.25, 0.3) is 0 Å². The van der Waals surface area contributed by atoms with Crippen molar-refractivity contribution in [3.05, 3.63) is 0 Å². The Morgan fingerprint density at radius 2 is 1.93 bits per heavy atom. The minimum absolute atomic E-state index is 0.00711. The smallest absolute Gasteiger partial charge is 0.220 e. The number of amides is 1. The number of hydrogen-bond donors (Lipinski definition) is 2. The first-order chi connectivity index (χ1) is 6.99. The lowest BCUT2D eigenvalue weighted by molar-refractivity contribution is -0.122. The summed E-state index contributed by atoms with van der Waals surface area (Å²) in [5.41, 5.74) is 0. The van der Waals surface area contributed by atoms with E-state index in [0.29, 0.717) is 12.3 Å². The number of nitrogens with one attached hydrogen (secondary N) is 1. The molecule has 0 saturated heterocycles. The van der Waals surface area contributed by atoms with E-state index in [4.69, 9.17) is 11.6 Å². The summed E-state index contributed by atoms with van der Waals surface area (Å²) in [5, 5.41) is 12.5. The molecule has 0 aliphatic heterocycles. The molecule has 4 heteroatoms. The van der Waals surface area contributed by atoms with E-state index < -0.39 is 6.10 Å². The first-order valence-corrected chi connectivity index (χ1v) is 6.06. The van der Waals surface area contributed by atoms with E-state index in [1.54, 1.807) is 0 Å². The molecular weight excluding hydrogens is 214 g/mol. The van der Waals surface area contributed by atoms with Crippen molar-refractivity contribution < 1.29 is 9.90 Å². The lowest BCUT2D eigenvalue weighted by atomic mass is 10.0. The minimum Gasteiger partial charge on any atom is -0.391 e. The number of carbonyl (C=O) groups excluding carboxylic acids is 1. The van der Waals surface area contributed by atoms with Gasteiger partial charge in [-0.15, -0.1) is 11.6 Å². The average molecular weight is 236 g/mol. The summed E-state index contributed by atoms with van der Waals surface area (Å²) in [6.45, 7) is 5.69. The van der Waals surface area contributed by atoms with Gasteiger partial charge >= 0.3 is 0 Å². The number of rotatable bonds is 7. The van der Waals surface area contributed by atoms with Gasteiger partial charge < -0.3 is 10.4 Å². The van der Waals surface area contributed by atoms with E-state index in [9.17, 15) is 9.90 Å². The largest absolute Gasteiger partial charge is 0.391 e. The first-order valence-electron chi connectivity index (χ1n) is 5.52. The highest BCUT2D eigenvalue weighted by molar-refractivity contribution is 6.17. The predicted octanol–water partition coefficient (Wildman–Crippen LogP) is 1.92. The van der Waals surface area contributed by atoms with Gasteiger partial charge in [-0.2, -0.15) is 0 Å². The highest BCUT2D eigenvalue weighted by Gasteiger charge is 2.18. The zero-order valence-corrected chi connectivity index (χ0v) is 10.5. The molecule has 1 amide bonds. The van der Waals surface area contributed by atoms with Crippen LogP contribution in [-0.2, 0) is 4.79 Å². The Morgan fingerprint density at radius 3 is 2.40 bits per heavy atom. The monoisotopic (exact) mass is 235 g/mol. The van der Waals surface area contributed by atoms with E-state index >= 15 is 0 Å². The van der Waals surface area contributed by atoms with Gasteiger partial charge in [-0.1, -0.05) is 13.8 Å². The lowest BCUT2D eigenvalue weighted by Crippen LogP contribution is -2.43. The quantitative estimate of drug-likeness (QED) is 0.523. The molecule has 2 N–H and O–H groups in total. The Kier molecular flexibility index (Phi) is 7.79. The fourth-order valence-corrected chi connectivity index (χ4v) is 1.56. The van der Waals surface area contributed by atoms with Crippen LogP contribution in [0.5, 0.6) is 0 Å². The Morgan fingerprint density at radius 1 is 1.33 bits per heavy atom. The number of aliphatic hydroxyl groups excluding tert-OH is 1. The summed E-state index contributed by atoms with van der Waals surface area (Å²) in [7, 11) is 0. The maximum Gasteiger partial charge on any atom is 0.220 e. The molecular formula is C11H22ClNO2. The Balaban J connectivity index is 3.75. The molecule has 0 fully saturated rings. The summed E-state index contributed by atoms with van der Waals surface area (Å²) in [6.07, 6.45) is 1.67. The van der Waals surface area contributed by atoms with Gasteiger partial charge in [0.2, 0.25) is 5.91 Å². The second-order valence-corrected chi connectivity index (χ2v) is 4.61. The summed E-state index contributed by atoms with van der Waals surface area (Å²) < 4.78 is 0. The van der Waals surface area contributed by atoms with Gasteiger partial charge in [0, 0.05) is 12.3 Å². The molecule has 0 aliphatic rings. The normalized spacial score (nSPS) is 15.1. The minimum atomic E-state index is -0.484. The molecule has 1 unspecified atom stereocenters. The van der Waals surface area contributed by atoms with Gasteiger partial charge in [0.05, 0.1) is 12.1 Å². The van der Waals surface area contributed by atoms with E-state index in [1.165, 1.54) is 0 Å². The van der Waals surface area contributed by atoms with Crippen LogP contribution >= 0.6 is 11.6 Å². The summed E-state index contributed by atoms with van der Waals surface area (Å²) >= 11 is 5.51. The molecule has 90 valence electrons. The third kappa shape index (κ3) is 6.74. The van der Waals surface area contributed by atoms with Crippen LogP contribution in [0.4, 0.5) is 0 Å². The summed E-state index contributed by atoms with van der Waals surface area (Å²) in [5.74, 6) is 0.743. The van der Waals surface area contributed by atoms with Gasteiger partial charge in [-0.25, -0.2) is 0 Å². The molecule has 0 aliphatic carbocycles. The summed E-state index contributed by atoms with van der Waals surface area (Å²) in [4.78, 5) is 11.4. The van der Waals surface area contributed by atoms with Crippen molar-refractivity contribution in [2.75, 3.05) is 5.88 Å². The van der Waals surface area contributed by atoms with Gasteiger partial charge in [-0.3, -0.25) is 4.79 Å². The van der Waals surface area contributed by atoms with Crippen molar-refractivity contribution in [1.29, 1.82) is 0 Å². The van der Waals surface area contributed by atoms with Gasteiger partial charge in [0.25, 0.3) is 0 Å². The fraction of sp³-hybridized carbons (Fsp3) is 0.909. The van der Waals surface area contributed by atoms with Crippen LogP contribution in [0.3, 0.4) is 0 Å². The molecule has 0 bridgehead atoms. The molecule has 0 aromatic heterocycles. The van der Waals surface area contributed by atoms with Gasteiger partial charge in [0.15, 0.2) is 0 Å². The van der Waals surface area contributed by atoms with E-state index in [1.807, 2.05) is 20.8 Å². The highest BCUT2D eigenvalue weighted by atomic mass is 35.5. The maximum absolute atomic E-state index is 11.4. The molecule has 2 atom stereocenters. The Hall–Kier alpha value is -0.280. The highest BCUT2D eigenvalue weighted by Crippen LogP contribution is 2.06. The van der Waals surface area contributed by atoms with Crippen molar-refractivity contribution in [3.63, 3.8) is 0 Å².